The fraction of sp³-hybridized carbons (Fsp3) is 0.545. The molecule has 0 unspecified atom stereocenters. The van der Waals surface area contributed by atoms with Crippen molar-refractivity contribution in [1.29, 1.82) is 0 Å². The first-order valence-electron chi connectivity index (χ1n) is 5.65. The standard InChI is InChI=1S/C11H15N4O2/c1-4-5-6-7-12-8-9(13-7)14(2)11(17)15(3)10(8)16/h4-6H2,1-3H3. The maximum Gasteiger partial charge on any atom is 0.332 e. The van der Waals surface area contributed by atoms with Gasteiger partial charge in [-0.2, -0.15) is 0 Å². The molecule has 17 heavy (non-hydrogen) atoms. The summed E-state index contributed by atoms with van der Waals surface area (Å²) >= 11 is 0. The quantitative estimate of drug-likeness (QED) is 0.767. The monoisotopic (exact) mass is 235 g/mol. The van der Waals surface area contributed by atoms with Crippen LogP contribution in [0.5, 0.6) is 0 Å². The molecular formula is C11H15N4O2. The summed E-state index contributed by atoms with van der Waals surface area (Å²) in [6, 6.07) is 0. The van der Waals surface area contributed by atoms with Crippen molar-refractivity contribution in [2.45, 2.75) is 26.2 Å². The zero-order chi connectivity index (χ0) is 12.6. The molecule has 0 saturated carbocycles. The van der Waals surface area contributed by atoms with E-state index in [1.54, 1.807) is 7.05 Å². The third-order valence-corrected chi connectivity index (χ3v) is 2.84. The molecule has 1 aromatic heterocycles. The van der Waals surface area contributed by atoms with E-state index in [2.05, 4.69) is 17.2 Å². The Kier molecular flexibility index (Phi) is 2.87. The predicted molar refractivity (Wildman–Crippen MR) is 65.3 cm³/mol. The summed E-state index contributed by atoms with van der Waals surface area (Å²) in [6.07, 6.45) is 2.76. The number of amidine groups is 1. The lowest BCUT2D eigenvalue weighted by Crippen LogP contribution is -2.37. The lowest BCUT2D eigenvalue weighted by molar-refractivity contribution is 0.691. The number of rotatable bonds is 3. The first-order chi connectivity index (χ1) is 8.06. The van der Waals surface area contributed by atoms with Crippen LogP contribution in [-0.4, -0.2) is 15.0 Å². The van der Waals surface area contributed by atoms with Gasteiger partial charge in [-0.15, -0.1) is 0 Å². The maximum atomic E-state index is 11.8. The van der Waals surface area contributed by atoms with E-state index in [0.29, 0.717) is 11.7 Å². The van der Waals surface area contributed by atoms with Gasteiger partial charge in [0.25, 0.3) is 5.56 Å². The minimum Gasteiger partial charge on any atom is -0.279 e. The number of nitrogens with zero attached hydrogens (tertiary/aromatic N) is 4. The molecule has 0 aliphatic carbocycles. The van der Waals surface area contributed by atoms with E-state index in [4.69, 9.17) is 0 Å². The van der Waals surface area contributed by atoms with Crippen molar-refractivity contribution < 1.29 is 0 Å². The van der Waals surface area contributed by atoms with Gasteiger partial charge in [0.15, 0.2) is 11.5 Å². The molecule has 0 spiro atoms. The highest BCUT2D eigenvalue weighted by Gasteiger charge is 2.23. The van der Waals surface area contributed by atoms with Crippen molar-refractivity contribution >= 4 is 17.3 Å². The van der Waals surface area contributed by atoms with Gasteiger partial charge in [-0.1, -0.05) is 13.3 Å². The highest BCUT2D eigenvalue weighted by molar-refractivity contribution is 5.94. The van der Waals surface area contributed by atoms with Crippen LogP contribution in [0.1, 0.15) is 26.2 Å². The second-order valence-corrected chi connectivity index (χ2v) is 4.12. The molecule has 6 heteroatoms. The Hall–Kier alpha value is -1.85. The Bertz CT molecular complexity index is 595. The van der Waals surface area contributed by atoms with Crippen LogP contribution in [0.15, 0.2) is 14.6 Å². The Morgan fingerprint density at radius 3 is 2.53 bits per heavy atom. The summed E-state index contributed by atoms with van der Waals surface area (Å²) < 4.78 is 2.42. The SMILES string of the molecule is CCCCC1=Nc2c(c(=O)n(C)c(=O)n2C)[N]1. The minimum absolute atomic E-state index is 0.278. The average molecular weight is 235 g/mol. The van der Waals surface area contributed by atoms with Gasteiger partial charge in [-0.05, 0) is 6.42 Å². The Morgan fingerprint density at radius 2 is 1.88 bits per heavy atom. The Balaban J connectivity index is 2.48. The fourth-order valence-electron chi connectivity index (χ4n) is 1.76. The van der Waals surface area contributed by atoms with Gasteiger partial charge >= 0.3 is 5.69 Å². The van der Waals surface area contributed by atoms with E-state index in [1.807, 2.05) is 0 Å². The first kappa shape index (κ1) is 11.6. The molecule has 1 aliphatic heterocycles. The van der Waals surface area contributed by atoms with Crippen LogP contribution in [0.2, 0.25) is 0 Å². The van der Waals surface area contributed by atoms with Crippen molar-refractivity contribution in [2.75, 3.05) is 0 Å². The smallest absolute Gasteiger partial charge is 0.279 e. The summed E-state index contributed by atoms with van der Waals surface area (Å²) in [6.45, 7) is 2.08. The van der Waals surface area contributed by atoms with E-state index in [-0.39, 0.29) is 16.9 Å². The van der Waals surface area contributed by atoms with Crippen molar-refractivity contribution in [3.63, 3.8) is 0 Å². The third-order valence-electron chi connectivity index (χ3n) is 2.84. The molecule has 1 aliphatic rings. The lowest BCUT2D eigenvalue weighted by atomic mass is 10.2. The third kappa shape index (κ3) is 1.79. The molecule has 6 nitrogen and oxygen atoms in total. The van der Waals surface area contributed by atoms with Crippen LogP contribution in [-0.2, 0) is 14.1 Å². The fourth-order valence-corrected chi connectivity index (χ4v) is 1.76. The number of hydrogen-bond acceptors (Lipinski definition) is 3. The number of aromatic nitrogens is 2. The van der Waals surface area contributed by atoms with Crippen molar-refractivity contribution in [1.82, 2.24) is 14.5 Å². The van der Waals surface area contributed by atoms with Gasteiger partial charge in [0.1, 0.15) is 5.84 Å². The van der Waals surface area contributed by atoms with Crippen LogP contribution in [0.4, 0.5) is 11.5 Å². The molecule has 2 rings (SSSR count). The van der Waals surface area contributed by atoms with Crippen molar-refractivity contribution in [3.05, 3.63) is 20.8 Å². The first-order valence-corrected chi connectivity index (χ1v) is 5.65. The summed E-state index contributed by atoms with van der Waals surface area (Å²) in [4.78, 5) is 27.8. The molecule has 1 aromatic rings. The molecule has 0 atom stereocenters. The average Bonchev–Trinajstić information content (AvgIpc) is 2.75. The van der Waals surface area contributed by atoms with E-state index in [0.717, 1.165) is 23.8 Å². The van der Waals surface area contributed by atoms with Gasteiger partial charge in [0.05, 0.1) is 0 Å². The van der Waals surface area contributed by atoms with Crippen LogP contribution in [0.3, 0.4) is 0 Å². The largest absolute Gasteiger partial charge is 0.332 e. The van der Waals surface area contributed by atoms with Crippen molar-refractivity contribution in [2.24, 2.45) is 19.1 Å². The van der Waals surface area contributed by atoms with E-state index in [1.165, 1.54) is 11.6 Å². The maximum absolute atomic E-state index is 11.8. The molecule has 0 saturated heterocycles. The molecule has 0 fully saturated rings. The zero-order valence-corrected chi connectivity index (χ0v) is 10.2. The van der Waals surface area contributed by atoms with Gasteiger partial charge in [-0.3, -0.25) is 13.9 Å². The lowest BCUT2D eigenvalue weighted by Gasteiger charge is -2.04. The highest BCUT2D eigenvalue weighted by Crippen LogP contribution is 2.25. The topological polar surface area (TPSA) is 70.5 Å². The molecule has 91 valence electrons. The minimum atomic E-state index is -0.377. The summed E-state index contributed by atoms with van der Waals surface area (Å²) in [7, 11) is 3.05. The second kappa shape index (κ2) is 4.20. The summed E-state index contributed by atoms with van der Waals surface area (Å²) in [5.41, 5.74) is -0.469. The normalized spacial score (nSPS) is 13.2. The second-order valence-electron chi connectivity index (χ2n) is 4.12. The van der Waals surface area contributed by atoms with Crippen LogP contribution < -0.4 is 16.6 Å². The van der Waals surface area contributed by atoms with Gasteiger partial charge < -0.3 is 0 Å². The van der Waals surface area contributed by atoms with E-state index >= 15 is 0 Å². The number of aliphatic imine (C=N–C) groups is 1. The van der Waals surface area contributed by atoms with E-state index < -0.39 is 0 Å². The molecular weight excluding hydrogens is 220 g/mol. The van der Waals surface area contributed by atoms with Gasteiger partial charge in [0, 0.05) is 20.5 Å². The Morgan fingerprint density at radius 1 is 1.18 bits per heavy atom. The van der Waals surface area contributed by atoms with Gasteiger partial charge in [0.2, 0.25) is 0 Å². The number of fused-ring (bicyclic) bond motifs is 1. The summed E-state index contributed by atoms with van der Waals surface area (Å²) in [5, 5.41) is 4.21. The van der Waals surface area contributed by atoms with E-state index in [9.17, 15) is 9.59 Å². The predicted octanol–water partition coefficient (Wildman–Crippen LogP) is 0.554. The number of unbranched alkanes of at least 4 members (excludes halogenated alkanes) is 1. The number of hydrogen-bond donors (Lipinski definition) is 0. The molecule has 0 amide bonds. The highest BCUT2D eigenvalue weighted by atomic mass is 16.2. The van der Waals surface area contributed by atoms with Crippen LogP contribution >= 0.6 is 0 Å². The molecule has 0 aromatic carbocycles. The van der Waals surface area contributed by atoms with Crippen LogP contribution in [0, 0.1) is 0 Å². The molecule has 0 bridgehead atoms. The van der Waals surface area contributed by atoms with Crippen LogP contribution in [0.25, 0.3) is 0 Å². The zero-order valence-electron chi connectivity index (χ0n) is 10.2. The Labute approximate surface area is 98.6 Å². The van der Waals surface area contributed by atoms with Crippen molar-refractivity contribution in [3.8, 4) is 0 Å². The molecule has 0 N–H and O–H groups in total. The van der Waals surface area contributed by atoms with Gasteiger partial charge in [-0.25, -0.2) is 15.1 Å². The molecule has 2 heterocycles. The molecule has 1 radical (unpaired) electrons. The summed E-state index contributed by atoms with van der Waals surface area (Å²) in [5.74, 6) is 1.02.